The number of alkyl carbamates (subject to hydrolysis) is 1. The van der Waals surface area contributed by atoms with E-state index < -0.39 is 42.5 Å². The first-order valence-electron chi connectivity index (χ1n) is 8.95. The van der Waals surface area contributed by atoms with E-state index in [0.717, 1.165) is 5.46 Å². The van der Waals surface area contributed by atoms with Crippen LogP contribution in [0.1, 0.15) is 60.1 Å². The number of ether oxygens (including phenoxy) is 1. The average Bonchev–Trinajstić information content (AvgIpc) is 2.71. The van der Waals surface area contributed by atoms with Crippen LogP contribution in [0.5, 0.6) is 0 Å². The average molecular weight is 383 g/mol. The van der Waals surface area contributed by atoms with Gasteiger partial charge in [0, 0.05) is 0 Å². The highest BCUT2D eigenvalue weighted by atomic mass is 19.3. The molecule has 1 heterocycles. The van der Waals surface area contributed by atoms with Crippen molar-refractivity contribution in [1.82, 2.24) is 5.32 Å². The van der Waals surface area contributed by atoms with Gasteiger partial charge < -0.3 is 19.4 Å². The van der Waals surface area contributed by atoms with Gasteiger partial charge in [0.2, 0.25) is 0 Å². The second-order valence-electron chi connectivity index (χ2n) is 8.71. The molecule has 0 spiro atoms. The summed E-state index contributed by atoms with van der Waals surface area (Å²) in [5.74, 6) is 0. The van der Waals surface area contributed by atoms with Crippen LogP contribution in [0.3, 0.4) is 0 Å². The van der Waals surface area contributed by atoms with Gasteiger partial charge in [0.25, 0.3) is 6.43 Å². The Bertz CT molecular complexity index is 655. The molecule has 1 fully saturated rings. The van der Waals surface area contributed by atoms with E-state index >= 15 is 0 Å². The summed E-state index contributed by atoms with van der Waals surface area (Å²) < 4.78 is 43.9. The van der Waals surface area contributed by atoms with Gasteiger partial charge in [-0.25, -0.2) is 13.6 Å². The molecule has 0 aliphatic carbocycles. The first-order valence-corrected chi connectivity index (χ1v) is 8.95. The van der Waals surface area contributed by atoms with Gasteiger partial charge in [-0.1, -0.05) is 24.3 Å². The van der Waals surface area contributed by atoms with Gasteiger partial charge in [-0.05, 0) is 59.5 Å². The Morgan fingerprint density at radius 3 is 1.96 bits per heavy atom. The zero-order valence-corrected chi connectivity index (χ0v) is 16.9. The maximum Gasteiger partial charge on any atom is 0.494 e. The van der Waals surface area contributed by atoms with Crippen LogP contribution in [0.25, 0.3) is 0 Å². The Kier molecular flexibility index (Phi) is 5.92. The Labute approximate surface area is 159 Å². The largest absolute Gasteiger partial charge is 0.494 e. The number of hydrogen-bond acceptors (Lipinski definition) is 4. The lowest BCUT2D eigenvalue weighted by Gasteiger charge is -2.32. The highest BCUT2D eigenvalue weighted by molar-refractivity contribution is 6.62. The summed E-state index contributed by atoms with van der Waals surface area (Å²) in [6.07, 6.45) is -3.66. The van der Waals surface area contributed by atoms with E-state index in [1.54, 1.807) is 32.9 Å². The van der Waals surface area contributed by atoms with Crippen LogP contribution >= 0.6 is 0 Å². The molecule has 2 rings (SSSR count). The molecule has 150 valence electrons. The van der Waals surface area contributed by atoms with Crippen LogP contribution in [0.4, 0.5) is 13.6 Å². The lowest BCUT2D eigenvalue weighted by molar-refractivity contribution is 0.00578. The van der Waals surface area contributed by atoms with E-state index in [2.05, 4.69) is 5.32 Å². The van der Waals surface area contributed by atoms with Gasteiger partial charge >= 0.3 is 13.2 Å². The van der Waals surface area contributed by atoms with Crippen molar-refractivity contribution < 1.29 is 27.6 Å². The fourth-order valence-corrected chi connectivity index (χ4v) is 2.57. The number of hydrogen-bond donors (Lipinski definition) is 1. The zero-order chi connectivity index (χ0) is 20.6. The molecule has 0 aromatic heterocycles. The molecule has 1 aromatic carbocycles. The topological polar surface area (TPSA) is 56.8 Å². The van der Waals surface area contributed by atoms with Crippen molar-refractivity contribution >= 4 is 18.7 Å². The van der Waals surface area contributed by atoms with E-state index in [4.69, 9.17) is 14.0 Å². The predicted octanol–water partition coefficient (Wildman–Crippen LogP) is 3.82. The van der Waals surface area contributed by atoms with E-state index in [0.29, 0.717) is 0 Å². The monoisotopic (exact) mass is 383 g/mol. The summed E-state index contributed by atoms with van der Waals surface area (Å²) in [6, 6.07) is 4.95. The van der Waals surface area contributed by atoms with Crippen molar-refractivity contribution in [3.8, 4) is 0 Å². The Balaban J connectivity index is 2.13. The molecule has 0 bridgehead atoms. The minimum Gasteiger partial charge on any atom is -0.444 e. The van der Waals surface area contributed by atoms with Gasteiger partial charge in [-0.2, -0.15) is 0 Å². The van der Waals surface area contributed by atoms with Gasteiger partial charge in [-0.15, -0.1) is 0 Å². The summed E-state index contributed by atoms with van der Waals surface area (Å²) in [7, 11) is -0.576. The van der Waals surface area contributed by atoms with Crippen molar-refractivity contribution in [1.29, 1.82) is 0 Å². The van der Waals surface area contributed by atoms with E-state index in [-0.39, 0.29) is 5.56 Å². The van der Waals surface area contributed by atoms with Crippen molar-refractivity contribution in [3.05, 3.63) is 29.8 Å². The van der Waals surface area contributed by atoms with E-state index in [1.165, 1.54) is 12.1 Å². The molecule has 1 aliphatic heterocycles. The molecule has 27 heavy (non-hydrogen) atoms. The highest BCUT2D eigenvalue weighted by Gasteiger charge is 2.51. The van der Waals surface area contributed by atoms with Crippen molar-refractivity contribution in [2.75, 3.05) is 0 Å². The van der Waals surface area contributed by atoms with Crippen LogP contribution in [0, 0.1) is 0 Å². The highest BCUT2D eigenvalue weighted by Crippen LogP contribution is 2.36. The summed E-state index contributed by atoms with van der Waals surface area (Å²) in [4.78, 5) is 11.9. The minimum absolute atomic E-state index is 0.274. The summed E-state index contributed by atoms with van der Waals surface area (Å²) in [5, 5.41) is 2.23. The number of amides is 1. The minimum atomic E-state index is -2.78. The van der Waals surface area contributed by atoms with Gasteiger partial charge in [0.1, 0.15) is 11.6 Å². The van der Waals surface area contributed by atoms with E-state index in [9.17, 15) is 13.6 Å². The molecular weight excluding hydrogens is 355 g/mol. The lowest BCUT2D eigenvalue weighted by atomic mass is 9.78. The smallest absolute Gasteiger partial charge is 0.444 e. The van der Waals surface area contributed by atoms with Crippen LogP contribution < -0.4 is 10.8 Å². The number of halogens is 2. The molecule has 0 saturated carbocycles. The quantitative estimate of drug-likeness (QED) is 0.804. The molecule has 1 saturated heterocycles. The van der Waals surface area contributed by atoms with Crippen LogP contribution in [-0.4, -0.2) is 36.4 Å². The first-order chi connectivity index (χ1) is 12.2. The molecule has 0 radical (unpaired) electrons. The second-order valence-corrected chi connectivity index (χ2v) is 8.71. The Morgan fingerprint density at radius 1 is 1.07 bits per heavy atom. The molecule has 5 nitrogen and oxygen atoms in total. The number of carbonyl (C=O) groups excluding carboxylic acids is 1. The van der Waals surface area contributed by atoms with Gasteiger partial charge in [-0.3, -0.25) is 0 Å². The number of nitrogens with one attached hydrogen (secondary N) is 1. The lowest BCUT2D eigenvalue weighted by Crippen LogP contribution is -2.41. The van der Waals surface area contributed by atoms with Crippen molar-refractivity contribution in [3.63, 3.8) is 0 Å². The van der Waals surface area contributed by atoms with Crippen LogP contribution in [0.2, 0.25) is 0 Å². The number of benzene rings is 1. The standard InChI is InChI=1S/C19H28BF2NO4/c1-17(2,3)25-16(24)23-14(15(21)22)12-8-10-13(11-9-12)20-26-18(4,5)19(6,7)27-20/h8-11,14-15H,1-7H3,(H,23,24)/t14-/m0/s1. The van der Waals surface area contributed by atoms with Crippen molar-refractivity contribution in [2.24, 2.45) is 0 Å². The molecular formula is C19H28BF2NO4. The molecule has 1 N–H and O–H groups in total. The van der Waals surface area contributed by atoms with Crippen molar-refractivity contribution in [2.45, 2.75) is 77.7 Å². The molecule has 0 unspecified atom stereocenters. The molecule has 1 atom stereocenters. The maximum atomic E-state index is 13.5. The fourth-order valence-electron chi connectivity index (χ4n) is 2.57. The van der Waals surface area contributed by atoms with Gasteiger partial charge in [0.05, 0.1) is 11.2 Å². The Morgan fingerprint density at radius 2 is 1.56 bits per heavy atom. The summed E-state index contributed by atoms with van der Waals surface area (Å²) >= 11 is 0. The third kappa shape index (κ3) is 5.20. The van der Waals surface area contributed by atoms with Crippen LogP contribution in [0.15, 0.2) is 24.3 Å². The fraction of sp³-hybridized carbons (Fsp3) is 0.632. The molecule has 8 heteroatoms. The maximum absolute atomic E-state index is 13.5. The number of alkyl halides is 2. The molecule has 1 amide bonds. The SMILES string of the molecule is CC(C)(C)OC(=O)N[C@@H](c1ccc(B2OC(C)(C)C(C)(C)O2)cc1)C(F)F. The Hall–Kier alpha value is -1.67. The predicted molar refractivity (Wildman–Crippen MR) is 100 cm³/mol. The zero-order valence-electron chi connectivity index (χ0n) is 16.9. The number of rotatable bonds is 4. The first kappa shape index (κ1) is 21.6. The molecule has 1 aromatic rings. The number of carbonyl (C=O) groups is 1. The van der Waals surface area contributed by atoms with E-state index in [1.807, 2.05) is 27.7 Å². The summed E-state index contributed by atoms with van der Waals surface area (Å²) in [6.45, 7) is 12.8. The summed E-state index contributed by atoms with van der Waals surface area (Å²) in [5.41, 5.74) is -0.740. The third-order valence-corrected chi connectivity index (χ3v) is 4.75. The van der Waals surface area contributed by atoms with Crippen LogP contribution in [-0.2, 0) is 14.0 Å². The third-order valence-electron chi connectivity index (χ3n) is 4.75. The second kappa shape index (κ2) is 7.39. The van der Waals surface area contributed by atoms with Gasteiger partial charge in [0.15, 0.2) is 0 Å². The normalized spacial score (nSPS) is 19.9. The molecule has 1 aliphatic rings.